The average Bonchev–Trinajstić information content (AvgIpc) is 2.25. The van der Waals surface area contributed by atoms with Crippen molar-refractivity contribution in [3.8, 4) is 0 Å². The molecule has 0 aromatic heterocycles. The highest BCUT2D eigenvalue weighted by atomic mass is 14.5. The normalized spacial score (nSPS) is 12.7. The minimum Gasteiger partial charge on any atom is -0.399 e. The van der Waals surface area contributed by atoms with Gasteiger partial charge >= 0.3 is 0 Å². The Hall–Kier alpha value is -1.02. The highest BCUT2D eigenvalue weighted by molar-refractivity contribution is 5.40. The maximum Gasteiger partial charge on any atom is 0.0314 e. The lowest BCUT2D eigenvalue weighted by molar-refractivity contribution is 0.550. The van der Waals surface area contributed by atoms with Gasteiger partial charge in [0.05, 0.1) is 0 Å². The van der Waals surface area contributed by atoms with Gasteiger partial charge in [0.25, 0.3) is 0 Å². The van der Waals surface area contributed by atoms with Crippen LogP contribution in [0.2, 0.25) is 0 Å². The largest absolute Gasteiger partial charge is 0.399 e. The molecular weight excluding hydrogens is 184 g/mol. The first-order valence-electron chi connectivity index (χ1n) is 5.83. The van der Waals surface area contributed by atoms with Gasteiger partial charge in [0.1, 0.15) is 0 Å². The molecule has 2 nitrogen and oxygen atoms in total. The number of hydrogen-bond acceptors (Lipinski definition) is 2. The third-order valence-corrected chi connectivity index (χ3v) is 2.80. The molecule has 1 rings (SSSR count). The molecule has 0 aliphatic heterocycles. The average molecular weight is 206 g/mol. The van der Waals surface area contributed by atoms with Gasteiger partial charge < -0.3 is 11.5 Å². The summed E-state index contributed by atoms with van der Waals surface area (Å²) in [5.41, 5.74) is 13.5. The fourth-order valence-electron chi connectivity index (χ4n) is 1.96. The number of nitrogens with two attached hydrogens (primary N) is 2. The SMILES string of the molecule is CCCC(CCCN)c1ccc(N)cc1. The van der Waals surface area contributed by atoms with Gasteiger partial charge in [-0.15, -0.1) is 0 Å². The predicted molar refractivity (Wildman–Crippen MR) is 66.8 cm³/mol. The first-order chi connectivity index (χ1) is 7.27. The van der Waals surface area contributed by atoms with Gasteiger partial charge in [-0.05, 0) is 49.4 Å². The van der Waals surface area contributed by atoms with Crippen molar-refractivity contribution in [3.05, 3.63) is 29.8 Å². The van der Waals surface area contributed by atoms with Gasteiger partial charge in [-0.2, -0.15) is 0 Å². The standard InChI is InChI=1S/C13H22N2/c1-2-4-11(5-3-10-14)12-6-8-13(15)9-7-12/h6-9,11H,2-5,10,14-15H2,1H3. The monoisotopic (exact) mass is 206 g/mol. The molecule has 4 N–H and O–H groups in total. The van der Waals surface area contributed by atoms with Crippen molar-refractivity contribution < 1.29 is 0 Å². The lowest BCUT2D eigenvalue weighted by Gasteiger charge is -2.16. The third kappa shape index (κ3) is 3.92. The Bertz CT molecular complexity index is 266. The van der Waals surface area contributed by atoms with Crippen LogP contribution in [0.4, 0.5) is 5.69 Å². The van der Waals surface area contributed by atoms with Crippen LogP contribution in [0, 0.1) is 0 Å². The van der Waals surface area contributed by atoms with E-state index in [0.29, 0.717) is 5.92 Å². The highest BCUT2D eigenvalue weighted by Crippen LogP contribution is 2.26. The zero-order valence-electron chi connectivity index (χ0n) is 9.58. The fourth-order valence-corrected chi connectivity index (χ4v) is 1.96. The Kier molecular flexibility index (Phi) is 5.19. The fraction of sp³-hybridized carbons (Fsp3) is 0.538. The van der Waals surface area contributed by atoms with Crippen LogP contribution < -0.4 is 11.5 Å². The molecule has 0 bridgehead atoms. The summed E-state index contributed by atoms with van der Waals surface area (Å²) in [6.07, 6.45) is 4.76. The second kappa shape index (κ2) is 6.46. The van der Waals surface area contributed by atoms with Crippen molar-refractivity contribution >= 4 is 5.69 Å². The van der Waals surface area contributed by atoms with Gasteiger partial charge in [-0.1, -0.05) is 25.5 Å². The summed E-state index contributed by atoms with van der Waals surface area (Å²) in [5.74, 6) is 0.652. The van der Waals surface area contributed by atoms with Gasteiger partial charge in [0.15, 0.2) is 0 Å². The summed E-state index contributed by atoms with van der Waals surface area (Å²) < 4.78 is 0. The molecule has 0 heterocycles. The molecule has 15 heavy (non-hydrogen) atoms. The summed E-state index contributed by atoms with van der Waals surface area (Å²) in [4.78, 5) is 0. The Balaban J connectivity index is 2.65. The van der Waals surface area contributed by atoms with E-state index in [4.69, 9.17) is 11.5 Å². The first-order valence-corrected chi connectivity index (χ1v) is 5.83. The third-order valence-electron chi connectivity index (χ3n) is 2.80. The Morgan fingerprint density at radius 3 is 2.33 bits per heavy atom. The number of hydrogen-bond donors (Lipinski definition) is 2. The minimum absolute atomic E-state index is 0.652. The molecule has 0 amide bonds. The van der Waals surface area contributed by atoms with Crippen molar-refractivity contribution in [2.24, 2.45) is 5.73 Å². The van der Waals surface area contributed by atoms with Gasteiger partial charge in [0.2, 0.25) is 0 Å². The van der Waals surface area contributed by atoms with Crippen molar-refractivity contribution in [2.75, 3.05) is 12.3 Å². The molecule has 1 atom stereocenters. The topological polar surface area (TPSA) is 52.0 Å². The van der Waals surface area contributed by atoms with Crippen molar-refractivity contribution in [3.63, 3.8) is 0 Å². The van der Waals surface area contributed by atoms with E-state index in [1.165, 1.54) is 24.8 Å². The lowest BCUT2D eigenvalue weighted by atomic mass is 9.90. The van der Waals surface area contributed by atoms with Gasteiger partial charge in [-0.25, -0.2) is 0 Å². The summed E-state index contributed by atoms with van der Waals surface area (Å²) in [7, 11) is 0. The number of benzene rings is 1. The van der Waals surface area contributed by atoms with Crippen LogP contribution in [0.3, 0.4) is 0 Å². The number of anilines is 1. The second-order valence-corrected chi connectivity index (χ2v) is 4.08. The molecule has 0 fully saturated rings. The van der Waals surface area contributed by atoms with Gasteiger partial charge in [-0.3, -0.25) is 0 Å². The summed E-state index contributed by atoms with van der Waals surface area (Å²) in [6.45, 7) is 3.02. The number of rotatable bonds is 6. The van der Waals surface area contributed by atoms with Crippen LogP contribution in [-0.4, -0.2) is 6.54 Å². The van der Waals surface area contributed by atoms with E-state index in [0.717, 1.165) is 18.7 Å². The zero-order valence-corrected chi connectivity index (χ0v) is 9.58. The van der Waals surface area contributed by atoms with Crippen LogP contribution >= 0.6 is 0 Å². The van der Waals surface area contributed by atoms with Crippen molar-refractivity contribution in [1.82, 2.24) is 0 Å². The first kappa shape index (κ1) is 12.1. The molecule has 0 saturated heterocycles. The van der Waals surface area contributed by atoms with E-state index in [1.54, 1.807) is 0 Å². The van der Waals surface area contributed by atoms with Crippen molar-refractivity contribution in [2.45, 2.75) is 38.5 Å². The van der Waals surface area contributed by atoms with E-state index in [9.17, 15) is 0 Å². The zero-order chi connectivity index (χ0) is 11.1. The molecular formula is C13H22N2. The van der Waals surface area contributed by atoms with Crippen molar-refractivity contribution in [1.29, 1.82) is 0 Å². The van der Waals surface area contributed by atoms with E-state index in [-0.39, 0.29) is 0 Å². The number of nitrogen functional groups attached to an aromatic ring is 1. The Labute approximate surface area is 92.7 Å². The molecule has 0 saturated carbocycles. The lowest BCUT2D eigenvalue weighted by Crippen LogP contribution is -2.04. The second-order valence-electron chi connectivity index (χ2n) is 4.08. The quantitative estimate of drug-likeness (QED) is 0.703. The van der Waals surface area contributed by atoms with Crippen LogP contribution in [0.25, 0.3) is 0 Å². The Morgan fingerprint density at radius 2 is 1.80 bits per heavy atom. The molecule has 0 spiro atoms. The minimum atomic E-state index is 0.652. The van der Waals surface area contributed by atoms with Gasteiger partial charge in [0, 0.05) is 5.69 Å². The van der Waals surface area contributed by atoms with Crippen LogP contribution in [0.15, 0.2) is 24.3 Å². The van der Waals surface area contributed by atoms with E-state index < -0.39 is 0 Å². The van der Waals surface area contributed by atoms with Crippen LogP contribution in [0.1, 0.15) is 44.1 Å². The molecule has 0 aliphatic carbocycles. The smallest absolute Gasteiger partial charge is 0.0314 e. The van der Waals surface area contributed by atoms with Crippen LogP contribution in [0.5, 0.6) is 0 Å². The van der Waals surface area contributed by atoms with E-state index >= 15 is 0 Å². The van der Waals surface area contributed by atoms with E-state index in [1.807, 2.05) is 12.1 Å². The maximum absolute atomic E-state index is 5.68. The molecule has 0 aliphatic rings. The molecule has 1 unspecified atom stereocenters. The summed E-state index contributed by atoms with van der Waals surface area (Å²) >= 11 is 0. The molecule has 2 heteroatoms. The summed E-state index contributed by atoms with van der Waals surface area (Å²) in [5, 5.41) is 0. The Morgan fingerprint density at radius 1 is 1.13 bits per heavy atom. The molecule has 0 radical (unpaired) electrons. The van der Waals surface area contributed by atoms with Crippen LogP contribution in [-0.2, 0) is 0 Å². The molecule has 1 aromatic rings. The molecule has 84 valence electrons. The highest BCUT2D eigenvalue weighted by Gasteiger charge is 2.09. The summed E-state index contributed by atoms with van der Waals surface area (Å²) in [6, 6.07) is 8.26. The van der Waals surface area contributed by atoms with E-state index in [2.05, 4.69) is 19.1 Å². The molecule has 1 aromatic carbocycles. The maximum atomic E-state index is 5.68. The predicted octanol–water partition coefficient (Wildman–Crippen LogP) is 2.89.